The van der Waals surface area contributed by atoms with Crippen LogP contribution in [0.1, 0.15) is 26.7 Å². The Hall–Kier alpha value is -0.780. The Bertz CT molecular complexity index is 539. The average Bonchev–Trinajstić information content (AvgIpc) is 2.34. The predicted octanol–water partition coefficient (Wildman–Crippen LogP) is 1.61. The van der Waals surface area contributed by atoms with Crippen LogP contribution in [0.2, 0.25) is 0 Å². The van der Waals surface area contributed by atoms with Crippen LogP contribution in [0, 0.1) is 22.2 Å². The van der Waals surface area contributed by atoms with Crippen LogP contribution in [0.5, 0.6) is 0 Å². The topological polar surface area (TPSA) is 70.4 Å². The molecule has 0 saturated carbocycles. The van der Waals surface area contributed by atoms with E-state index in [0.717, 1.165) is 11.2 Å². The standard InChI is InChI=1S/C13H20F2N2O3S/c1-11(7-16)8-17(9-11)21(18,19)10-13(12(2,14)15)3-5-20-6-4-13/h3-6,8-10H2,1-2H3. The summed E-state index contributed by atoms with van der Waals surface area (Å²) in [4.78, 5) is 0. The summed E-state index contributed by atoms with van der Waals surface area (Å²) >= 11 is 0. The zero-order chi connectivity index (χ0) is 15.9. The molecule has 8 heteroatoms. The van der Waals surface area contributed by atoms with Gasteiger partial charge in [-0.3, -0.25) is 0 Å². The third-order valence-corrected chi connectivity index (χ3v) is 6.52. The lowest BCUT2D eigenvalue weighted by Crippen LogP contribution is -2.59. The summed E-state index contributed by atoms with van der Waals surface area (Å²) in [6.07, 6.45) is 0.0537. The summed E-state index contributed by atoms with van der Waals surface area (Å²) in [5.41, 5.74) is -2.28. The number of nitriles is 1. The van der Waals surface area contributed by atoms with Crippen molar-refractivity contribution in [2.45, 2.75) is 32.6 Å². The lowest BCUT2D eigenvalue weighted by Gasteiger charge is -2.46. The Morgan fingerprint density at radius 2 is 1.86 bits per heavy atom. The second kappa shape index (κ2) is 5.14. The van der Waals surface area contributed by atoms with Crippen LogP contribution >= 0.6 is 0 Å². The van der Waals surface area contributed by atoms with Gasteiger partial charge in [-0.25, -0.2) is 17.2 Å². The molecule has 0 unspecified atom stereocenters. The molecule has 2 heterocycles. The molecule has 0 aliphatic carbocycles. The molecule has 2 aliphatic rings. The monoisotopic (exact) mass is 322 g/mol. The largest absolute Gasteiger partial charge is 0.381 e. The van der Waals surface area contributed by atoms with E-state index in [2.05, 4.69) is 0 Å². The van der Waals surface area contributed by atoms with Crippen molar-refractivity contribution >= 4 is 10.0 Å². The van der Waals surface area contributed by atoms with Gasteiger partial charge >= 0.3 is 0 Å². The van der Waals surface area contributed by atoms with Gasteiger partial charge in [0.2, 0.25) is 10.0 Å². The van der Waals surface area contributed by atoms with Crippen LogP contribution in [0.3, 0.4) is 0 Å². The number of halogens is 2. The van der Waals surface area contributed by atoms with Crippen LogP contribution in [0.25, 0.3) is 0 Å². The van der Waals surface area contributed by atoms with E-state index in [1.807, 2.05) is 6.07 Å². The Morgan fingerprint density at radius 1 is 1.33 bits per heavy atom. The molecular formula is C13H20F2N2O3S. The molecule has 0 radical (unpaired) electrons. The van der Waals surface area contributed by atoms with Crippen molar-refractivity contribution in [1.82, 2.24) is 4.31 Å². The highest BCUT2D eigenvalue weighted by Gasteiger charge is 2.55. The highest BCUT2D eigenvalue weighted by atomic mass is 32.2. The lowest BCUT2D eigenvalue weighted by atomic mass is 9.77. The first kappa shape index (κ1) is 16.6. The van der Waals surface area contributed by atoms with Crippen molar-refractivity contribution in [2.75, 3.05) is 32.1 Å². The van der Waals surface area contributed by atoms with Crippen LogP contribution in [-0.4, -0.2) is 50.7 Å². The summed E-state index contributed by atoms with van der Waals surface area (Å²) in [5, 5.41) is 8.92. The number of sulfonamides is 1. The van der Waals surface area contributed by atoms with E-state index >= 15 is 0 Å². The first-order chi connectivity index (χ1) is 9.54. The third-order valence-electron chi connectivity index (χ3n) is 4.55. The number of rotatable bonds is 4. The molecule has 2 saturated heterocycles. The normalized spacial score (nSPS) is 25.9. The molecule has 2 rings (SSSR count). The minimum Gasteiger partial charge on any atom is -0.381 e. The summed E-state index contributed by atoms with van der Waals surface area (Å²) in [6.45, 7) is 2.89. The smallest absolute Gasteiger partial charge is 0.252 e. The van der Waals surface area contributed by atoms with E-state index in [-0.39, 0.29) is 39.1 Å². The Labute approximate surface area is 123 Å². The molecular weight excluding hydrogens is 302 g/mol. The fraction of sp³-hybridized carbons (Fsp3) is 0.923. The van der Waals surface area contributed by atoms with Crippen LogP contribution < -0.4 is 0 Å². The van der Waals surface area contributed by atoms with Crippen molar-refractivity contribution in [3.8, 4) is 6.07 Å². The van der Waals surface area contributed by atoms with Crippen molar-refractivity contribution in [2.24, 2.45) is 10.8 Å². The quantitative estimate of drug-likeness (QED) is 0.788. The van der Waals surface area contributed by atoms with E-state index in [4.69, 9.17) is 10.00 Å². The number of alkyl halides is 2. The molecule has 0 bridgehead atoms. The van der Waals surface area contributed by atoms with E-state index in [1.54, 1.807) is 6.92 Å². The van der Waals surface area contributed by atoms with Gasteiger partial charge in [-0.15, -0.1) is 0 Å². The molecule has 0 aromatic carbocycles. The maximum absolute atomic E-state index is 14.0. The summed E-state index contributed by atoms with van der Waals surface area (Å²) in [6, 6.07) is 2.05. The van der Waals surface area contributed by atoms with Crippen molar-refractivity contribution in [3.05, 3.63) is 0 Å². The minimum atomic E-state index is -3.80. The molecule has 5 nitrogen and oxygen atoms in total. The zero-order valence-electron chi connectivity index (χ0n) is 12.2. The lowest BCUT2D eigenvalue weighted by molar-refractivity contribution is -0.139. The number of hydrogen-bond donors (Lipinski definition) is 0. The predicted molar refractivity (Wildman–Crippen MR) is 72.2 cm³/mol. The van der Waals surface area contributed by atoms with Gasteiger partial charge in [0.15, 0.2) is 0 Å². The van der Waals surface area contributed by atoms with Gasteiger partial charge in [0.1, 0.15) is 0 Å². The second-order valence-electron chi connectivity index (χ2n) is 6.48. The van der Waals surface area contributed by atoms with Crippen molar-refractivity contribution in [3.63, 3.8) is 0 Å². The van der Waals surface area contributed by atoms with E-state index in [9.17, 15) is 17.2 Å². The second-order valence-corrected chi connectivity index (χ2v) is 8.45. The van der Waals surface area contributed by atoms with Gasteiger partial charge in [-0.1, -0.05) is 0 Å². The first-order valence-corrected chi connectivity index (χ1v) is 8.49. The molecule has 0 amide bonds. The molecule has 0 atom stereocenters. The molecule has 21 heavy (non-hydrogen) atoms. The fourth-order valence-corrected chi connectivity index (χ4v) is 5.30. The molecule has 120 valence electrons. The SMILES string of the molecule is CC1(C#N)CN(S(=O)(=O)CC2(C(C)(F)F)CCOCC2)C1. The van der Waals surface area contributed by atoms with E-state index < -0.39 is 32.5 Å². The summed E-state index contributed by atoms with van der Waals surface area (Å²) in [5.74, 6) is -3.68. The summed E-state index contributed by atoms with van der Waals surface area (Å²) < 4.78 is 59.0. The van der Waals surface area contributed by atoms with Gasteiger partial charge in [0, 0.05) is 26.3 Å². The Morgan fingerprint density at radius 3 is 2.29 bits per heavy atom. The fourth-order valence-electron chi connectivity index (χ4n) is 2.91. The third kappa shape index (κ3) is 3.05. The zero-order valence-corrected chi connectivity index (χ0v) is 13.0. The van der Waals surface area contributed by atoms with Crippen LogP contribution in [-0.2, 0) is 14.8 Å². The molecule has 2 fully saturated rings. The molecule has 0 aromatic rings. The number of nitrogens with zero attached hydrogens (tertiary/aromatic N) is 2. The summed E-state index contributed by atoms with van der Waals surface area (Å²) in [7, 11) is -3.80. The molecule has 0 spiro atoms. The van der Waals surface area contributed by atoms with E-state index in [1.165, 1.54) is 0 Å². The highest BCUT2D eigenvalue weighted by molar-refractivity contribution is 7.89. The van der Waals surface area contributed by atoms with Crippen LogP contribution in [0.4, 0.5) is 8.78 Å². The van der Waals surface area contributed by atoms with Gasteiger partial charge < -0.3 is 4.74 Å². The van der Waals surface area contributed by atoms with Gasteiger partial charge in [0.25, 0.3) is 5.92 Å². The highest BCUT2D eigenvalue weighted by Crippen LogP contribution is 2.46. The van der Waals surface area contributed by atoms with Gasteiger partial charge in [-0.05, 0) is 26.7 Å². The number of ether oxygens (including phenoxy) is 1. The maximum Gasteiger partial charge on any atom is 0.252 e. The minimum absolute atomic E-state index is 0.0269. The Kier molecular flexibility index (Phi) is 4.06. The van der Waals surface area contributed by atoms with Gasteiger partial charge in [-0.2, -0.15) is 9.57 Å². The van der Waals surface area contributed by atoms with Crippen molar-refractivity contribution in [1.29, 1.82) is 5.26 Å². The molecule has 0 aromatic heterocycles. The Balaban J connectivity index is 2.16. The maximum atomic E-state index is 14.0. The molecule has 0 N–H and O–H groups in total. The van der Waals surface area contributed by atoms with Gasteiger partial charge in [0.05, 0.1) is 22.7 Å². The first-order valence-electron chi connectivity index (χ1n) is 6.88. The molecule has 2 aliphatic heterocycles. The van der Waals surface area contributed by atoms with Crippen LogP contribution in [0.15, 0.2) is 0 Å². The van der Waals surface area contributed by atoms with E-state index in [0.29, 0.717) is 0 Å². The number of hydrogen-bond acceptors (Lipinski definition) is 4. The average molecular weight is 322 g/mol. The van der Waals surface area contributed by atoms with Crippen molar-refractivity contribution < 1.29 is 21.9 Å².